The minimum absolute atomic E-state index is 0. The van der Waals surface area contributed by atoms with Gasteiger partial charge in [-0.05, 0) is 180 Å². The van der Waals surface area contributed by atoms with Crippen molar-refractivity contribution in [1.29, 1.82) is 0 Å². The molecule has 2 heterocycles. The Morgan fingerprint density at radius 1 is 0.424 bits per heavy atom. The van der Waals surface area contributed by atoms with E-state index < -0.39 is 11.9 Å². The van der Waals surface area contributed by atoms with Gasteiger partial charge in [-0.2, -0.15) is 0 Å². The molecular formula is C73H74N2O10. The van der Waals surface area contributed by atoms with Crippen molar-refractivity contribution in [1.82, 2.24) is 0 Å². The van der Waals surface area contributed by atoms with Crippen molar-refractivity contribution in [3.63, 3.8) is 0 Å². The molecule has 6 aromatic carbocycles. The number of rotatable bonds is 18. The number of carboxylic acids is 2. The van der Waals surface area contributed by atoms with E-state index in [0.29, 0.717) is 23.2 Å². The fourth-order valence-electron chi connectivity index (χ4n) is 12.8. The number of ketones is 2. The Morgan fingerprint density at radius 3 is 0.965 bits per heavy atom. The van der Waals surface area contributed by atoms with Crippen LogP contribution >= 0.6 is 0 Å². The molecule has 0 spiro atoms. The minimum Gasteiger partial charge on any atom is -0.478 e. The van der Waals surface area contributed by atoms with Crippen LogP contribution in [0.5, 0.6) is 0 Å². The van der Waals surface area contributed by atoms with Crippen molar-refractivity contribution in [3.05, 3.63) is 248 Å². The van der Waals surface area contributed by atoms with E-state index in [1.807, 2.05) is 97.1 Å². The van der Waals surface area contributed by atoms with Crippen LogP contribution in [0.15, 0.2) is 170 Å². The Hall–Kier alpha value is -9.16. The Labute approximate surface area is 498 Å². The van der Waals surface area contributed by atoms with Crippen molar-refractivity contribution in [3.8, 4) is 0 Å². The van der Waals surface area contributed by atoms with Gasteiger partial charge in [0.25, 0.3) is 23.6 Å². The largest absolute Gasteiger partial charge is 0.478 e. The Kier molecular flexibility index (Phi) is 20.3. The monoisotopic (exact) mass is 1140 g/mol. The normalized spacial score (nSPS) is 15.6. The molecule has 4 amide bonds. The highest BCUT2D eigenvalue weighted by atomic mass is 16.4. The molecule has 2 aliphatic heterocycles. The maximum atomic E-state index is 12.2. The summed E-state index contributed by atoms with van der Waals surface area (Å²) >= 11 is 0. The maximum absolute atomic E-state index is 12.2. The Bertz CT molecular complexity index is 3380. The summed E-state index contributed by atoms with van der Waals surface area (Å²) in [5.74, 6) is -3.28. The van der Waals surface area contributed by atoms with E-state index in [9.17, 15) is 38.4 Å². The summed E-state index contributed by atoms with van der Waals surface area (Å²) in [6, 6.07) is 40.3. The van der Waals surface area contributed by atoms with Crippen LogP contribution in [0.1, 0.15) is 173 Å². The zero-order chi connectivity index (χ0) is 59.6. The van der Waals surface area contributed by atoms with Crippen LogP contribution in [-0.4, -0.2) is 57.3 Å². The van der Waals surface area contributed by atoms with Gasteiger partial charge in [-0.3, -0.25) is 28.8 Å². The van der Waals surface area contributed by atoms with E-state index in [1.165, 1.54) is 143 Å². The summed E-state index contributed by atoms with van der Waals surface area (Å²) in [5.41, 5.74) is 16.9. The van der Waals surface area contributed by atoms with Gasteiger partial charge in [0.1, 0.15) is 0 Å². The van der Waals surface area contributed by atoms with Gasteiger partial charge < -0.3 is 10.2 Å². The van der Waals surface area contributed by atoms with Gasteiger partial charge >= 0.3 is 11.9 Å². The number of aliphatic carboxylic acids is 2. The molecule has 0 atom stereocenters. The molecule has 2 aliphatic carbocycles. The molecule has 4 aliphatic rings. The Morgan fingerprint density at radius 2 is 0.694 bits per heavy atom. The van der Waals surface area contributed by atoms with E-state index in [-0.39, 0.29) is 67.3 Å². The molecule has 0 saturated heterocycles. The van der Waals surface area contributed by atoms with Gasteiger partial charge in [0.2, 0.25) is 0 Å². The van der Waals surface area contributed by atoms with Gasteiger partial charge in [0, 0.05) is 61.1 Å². The highest BCUT2D eigenvalue weighted by Gasteiger charge is 2.30. The number of aryl methyl sites for hydroxylation is 4. The predicted molar refractivity (Wildman–Crippen MR) is 332 cm³/mol. The van der Waals surface area contributed by atoms with E-state index >= 15 is 0 Å². The van der Waals surface area contributed by atoms with E-state index in [1.54, 1.807) is 0 Å². The number of hydrogen-bond acceptors (Lipinski definition) is 8. The van der Waals surface area contributed by atoms with Crippen LogP contribution < -0.4 is 9.80 Å². The highest BCUT2D eigenvalue weighted by Crippen LogP contribution is 2.43. The number of nitrogens with zero attached hydrogens (tertiary/aromatic N) is 2. The molecule has 85 heavy (non-hydrogen) atoms. The molecule has 0 radical (unpaired) electrons. The quantitative estimate of drug-likeness (QED) is 0.0477. The lowest BCUT2D eigenvalue weighted by Gasteiger charge is -2.27. The van der Waals surface area contributed by atoms with Gasteiger partial charge in [-0.15, -0.1) is 0 Å². The third-order valence-electron chi connectivity index (χ3n) is 16.8. The smallest absolute Gasteiger partial charge is 0.328 e. The molecule has 0 unspecified atom stereocenters. The summed E-state index contributed by atoms with van der Waals surface area (Å²) in [7, 11) is 0. The molecule has 12 nitrogen and oxygen atoms in total. The Balaban J connectivity index is 0.000000219. The SMILES string of the molecule is C.Cc1cc(C2CCCCC2)cc(C)c1C(c1ccc(CC(=O)/C=C/C(=O)O)cc1)c1ccc(CC(=O)/C=C/C(=O)O)cc1.Cc1cc(C2CCCCC2)cc(C)c1C(c1ccc(N2C(=O)C=CC2=O)cc1)c1ccc(N2C(=O)C=CC2=O)cc1. The second-order valence-electron chi connectivity index (χ2n) is 22.7. The number of allylic oxidation sites excluding steroid dienone is 2. The number of carboxylic acid groups (broad SMARTS) is 2. The van der Waals surface area contributed by atoms with Crippen LogP contribution in [0.25, 0.3) is 0 Å². The first-order valence-electron chi connectivity index (χ1n) is 29.0. The minimum atomic E-state index is -1.15. The summed E-state index contributed by atoms with van der Waals surface area (Å²) in [5, 5.41) is 17.6. The molecule has 12 heteroatoms. The van der Waals surface area contributed by atoms with Gasteiger partial charge in [-0.25, -0.2) is 19.4 Å². The van der Waals surface area contributed by atoms with Crippen molar-refractivity contribution < 1.29 is 48.6 Å². The molecule has 6 aromatic rings. The van der Waals surface area contributed by atoms with Gasteiger partial charge in [0.15, 0.2) is 11.6 Å². The fourth-order valence-corrected chi connectivity index (χ4v) is 12.8. The number of carbonyl (C=O) groups is 8. The third-order valence-corrected chi connectivity index (χ3v) is 16.8. The molecule has 0 bridgehead atoms. The predicted octanol–water partition coefficient (Wildman–Crippen LogP) is 14.1. The molecule has 0 aromatic heterocycles. The molecule has 2 N–H and O–H groups in total. The number of hydrogen-bond donors (Lipinski definition) is 2. The highest BCUT2D eigenvalue weighted by molar-refractivity contribution is 6.28. The number of imide groups is 2. The summed E-state index contributed by atoms with van der Waals surface area (Å²) in [6.45, 7) is 8.69. The lowest BCUT2D eigenvalue weighted by atomic mass is 9.77. The number of anilines is 2. The van der Waals surface area contributed by atoms with Crippen LogP contribution in [0.3, 0.4) is 0 Å². The average molecular weight is 1140 g/mol. The van der Waals surface area contributed by atoms with Crippen molar-refractivity contribution >= 4 is 58.5 Å². The summed E-state index contributed by atoms with van der Waals surface area (Å²) in [6.07, 6.45) is 21.9. The third kappa shape index (κ3) is 15.0. The zero-order valence-corrected chi connectivity index (χ0v) is 48.0. The van der Waals surface area contributed by atoms with E-state index in [4.69, 9.17) is 10.2 Å². The lowest BCUT2D eigenvalue weighted by molar-refractivity contribution is -0.132. The fraction of sp³-hybridized carbons (Fsp3) is 0.288. The summed E-state index contributed by atoms with van der Waals surface area (Å²) < 4.78 is 0. The topological polar surface area (TPSA) is 183 Å². The number of carbonyl (C=O) groups excluding carboxylic acids is 6. The molecule has 2 saturated carbocycles. The van der Waals surface area contributed by atoms with E-state index in [0.717, 1.165) is 57.7 Å². The van der Waals surface area contributed by atoms with Gasteiger partial charge in [0.05, 0.1) is 11.4 Å². The molecule has 10 rings (SSSR count). The van der Waals surface area contributed by atoms with Crippen LogP contribution in [0.4, 0.5) is 11.4 Å². The van der Waals surface area contributed by atoms with Gasteiger partial charge in [-0.1, -0.05) is 143 Å². The maximum Gasteiger partial charge on any atom is 0.328 e. The molecule has 2 fully saturated rings. The first-order chi connectivity index (χ1) is 40.4. The second-order valence-corrected chi connectivity index (χ2v) is 22.7. The standard InChI is InChI=1S/C37H38O6.C35H32N2O4.CH4/c1-24-20-31(28-6-4-3-5-7-28)21-25(2)36(24)37(29-12-8-26(9-13-29)22-32(38)16-18-34(40)41)30-14-10-27(11-15-30)23-33(39)17-19-35(42)43;1-22-20-27(24-6-4-3-5-7-24)21-23(2)34(22)35(25-8-12-28(13-9-25)36-30(38)16-17-31(36)39)26-10-14-29(15-11-26)37-32(40)18-19-33(37)41;/h8-21,28,37H,3-7,22-23H2,1-2H3,(H,40,41)(H,42,43);8-21,24,35H,3-7H2,1-2H3;1H4/b18-16+,19-17+;;. The van der Waals surface area contributed by atoms with Crippen LogP contribution in [-0.2, 0) is 51.2 Å². The second kappa shape index (κ2) is 27.9. The van der Waals surface area contributed by atoms with Crippen molar-refractivity contribution in [2.75, 3.05) is 9.80 Å². The number of benzene rings is 6. The zero-order valence-electron chi connectivity index (χ0n) is 48.0. The molecular weight excluding hydrogens is 1060 g/mol. The lowest BCUT2D eigenvalue weighted by Crippen LogP contribution is -2.29. The average Bonchev–Trinajstić information content (AvgIpc) is 2.63. The van der Waals surface area contributed by atoms with Crippen molar-refractivity contribution in [2.24, 2.45) is 0 Å². The first-order valence-corrected chi connectivity index (χ1v) is 29.0. The number of amides is 4. The van der Waals surface area contributed by atoms with Crippen molar-refractivity contribution in [2.45, 2.75) is 136 Å². The van der Waals surface area contributed by atoms with E-state index in [2.05, 4.69) is 52.0 Å². The van der Waals surface area contributed by atoms with Crippen LogP contribution in [0.2, 0.25) is 0 Å². The molecule has 436 valence electrons. The van der Waals surface area contributed by atoms with Crippen LogP contribution in [0, 0.1) is 27.7 Å². The first kappa shape index (κ1) is 61.9. The summed E-state index contributed by atoms with van der Waals surface area (Å²) in [4.78, 5) is 97.3.